The first kappa shape index (κ1) is 25.2. The summed E-state index contributed by atoms with van der Waals surface area (Å²) in [6.07, 6.45) is -3.42. The second-order valence-electron chi connectivity index (χ2n) is 8.07. The number of amides is 1. The van der Waals surface area contributed by atoms with Gasteiger partial charge in [0.05, 0.1) is 25.7 Å². The maximum Gasteiger partial charge on any atom is 0.573 e. The Morgan fingerprint density at radius 2 is 1.81 bits per heavy atom. The fourth-order valence-corrected chi connectivity index (χ4v) is 3.87. The average molecular weight is 505 g/mol. The van der Waals surface area contributed by atoms with Gasteiger partial charge in [-0.3, -0.25) is 4.79 Å². The summed E-state index contributed by atoms with van der Waals surface area (Å²) < 4.78 is 62.3. The van der Waals surface area contributed by atoms with Crippen molar-refractivity contribution in [2.75, 3.05) is 30.0 Å². The van der Waals surface area contributed by atoms with Gasteiger partial charge in [0.15, 0.2) is 11.6 Å². The highest BCUT2D eigenvalue weighted by molar-refractivity contribution is 5.76. The van der Waals surface area contributed by atoms with Gasteiger partial charge in [-0.1, -0.05) is 36.4 Å². The van der Waals surface area contributed by atoms with E-state index in [0.717, 1.165) is 11.1 Å². The largest absolute Gasteiger partial charge is 0.573 e. The van der Waals surface area contributed by atoms with Gasteiger partial charge in [0.2, 0.25) is 11.7 Å². The number of alkyl halides is 3. The van der Waals surface area contributed by atoms with Crippen molar-refractivity contribution in [2.24, 2.45) is 5.73 Å². The van der Waals surface area contributed by atoms with Crippen LogP contribution in [-0.2, 0) is 22.5 Å². The number of hydrogen-bond acceptors (Lipinski definition) is 7. The van der Waals surface area contributed by atoms with Gasteiger partial charge in [0, 0.05) is 13.1 Å². The van der Waals surface area contributed by atoms with E-state index in [-0.39, 0.29) is 37.0 Å². The van der Waals surface area contributed by atoms with E-state index in [1.165, 1.54) is 30.6 Å². The van der Waals surface area contributed by atoms with Crippen LogP contribution in [0.5, 0.6) is 5.75 Å². The van der Waals surface area contributed by atoms with Crippen molar-refractivity contribution in [3.8, 4) is 5.75 Å². The Bertz CT molecular complexity index is 1190. The lowest BCUT2D eigenvalue weighted by Gasteiger charge is -2.37. The number of halogens is 4. The Hall–Kier alpha value is -3.93. The Balaban J connectivity index is 1.49. The second kappa shape index (κ2) is 10.8. The maximum atomic E-state index is 15.4. The van der Waals surface area contributed by atoms with Crippen LogP contribution < -0.4 is 20.7 Å². The molecule has 0 bridgehead atoms. The molecule has 2 heterocycles. The van der Waals surface area contributed by atoms with Gasteiger partial charge in [-0.2, -0.15) is 4.39 Å². The number of rotatable bonds is 8. The summed E-state index contributed by atoms with van der Waals surface area (Å²) in [6.45, 7) is 1.12. The number of aromatic nitrogens is 2. The first-order valence-corrected chi connectivity index (χ1v) is 11.0. The molecule has 8 nitrogen and oxygen atoms in total. The molecule has 1 atom stereocenters. The molecule has 1 aromatic heterocycles. The van der Waals surface area contributed by atoms with E-state index in [0.29, 0.717) is 18.7 Å². The smallest absolute Gasteiger partial charge is 0.406 e. The monoisotopic (exact) mass is 505 g/mol. The van der Waals surface area contributed by atoms with Crippen molar-refractivity contribution in [3.05, 3.63) is 77.4 Å². The molecule has 190 valence electrons. The molecular formula is C24H23F4N5O3. The molecule has 1 saturated heterocycles. The molecule has 2 aromatic carbocycles. The van der Waals surface area contributed by atoms with Crippen LogP contribution in [0.4, 0.5) is 29.2 Å². The summed E-state index contributed by atoms with van der Waals surface area (Å²) in [5.41, 5.74) is 7.43. The van der Waals surface area contributed by atoms with Crippen LogP contribution in [0.25, 0.3) is 0 Å². The number of carbonyl (C=O) groups is 1. The molecular weight excluding hydrogens is 482 g/mol. The number of nitrogens with one attached hydrogen (secondary N) is 1. The highest BCUT2D eigenvalue weighted by atomic mass is 19.4. The minimum absolute atomic E-state index is 0.000351. The summed E-state index contributed by atoms with van der Waals surface area (Å²) >= 11 is 0. The normalized spacial score (nSPS) is 16.0. The molecule has 0 aliphatic carbocycles. The lowest BCUT2D eigenvalue weighted by molar-refractivity contribution is -0.274. The lowest BCUT2D eigenvalue weighted by Crippen LogP contribution is -2.40. The minimum atomic E-state index is -4.79. The van der Waals surface area contributed by atoms with Crippen molar-refractivity contribution >= 4 is 17.5 Å². The summed E-state index contributed by atoms with van der Waals surface area (Å²) in [7, 11) is 0. The van der Waals surface area contributed by atoms with Crippen molar-refractivity contribution in [2.45, 2.75) is 25.4 Å². The third-order valence-electron chi connectivity index (χ3n) is 5.53. The number of carbonyl (C=O) groups excluding carboxylic acids is 1. The Kier molecular flexibility index (Phi) is 7.53. The zero-order chi connectivity index (χ0) is 25.7. The van der Waals surface area contributed by atoms with E-state index in [1.54, 1.807) is 29.2 Å². The predicted molar refractivity (Wildman–Crippen MR) is 123 cm³/mol. The van der Waals surface area contributed by atoms with Crippen molar-refractivity contribution in [3.63, 3.8) is 0 Å². The van der Waals surface area contributed by atoms with Gasteiger partial charge < -0.3 is 25.4 Å². The summed E-state index contributed by atoms with van der Waals surface area (Å²) in [6, 6.07) is 12.0. The first-order chi connectivity index (χ1) is 17.2. The molecule has 1 aliphatic rings. The number of hydrogen-bond donors (Lipinski definition) is 2. The molecule has 3 N–H and O–H groups in total. The zero-order valence-corrected chi connectivity index (χ0v) is 19.0. The molecule has 1 fully saturated rings. The van der Waals surface area contributed by atoms with Crippen LogP contribution in [-0.4, -0.2) is 42.0 Å². The van der Waals surface area contributed by atoms with Crippen molar-refractivity contribution in [1.82, 2.24) is 9.97 Å². The van der Waals surface area contributed by atoms with Gasteiger partial charge in [0.25, 0.3) is 0 Å². The quantitative estimate of drug-likeness (QED) is 0.450. The van der Waals surface area contributed by atoms with Gasteiger partial charge in [-0.15, -0.1) is 13.2 Å². The van der Waals surface area contributed by atoms with E-state index in [1.807, 2.05) is 0 Å². The molecule has 0 saturated carbocycles. The first-order valence-electron chi connectivity index (χ1n) is 11.0. The van der Waals surface area contributed by atoms with E-state index >= 15 is 4.39 Å². The Morgan fingerprint density at radius 1 is 1.11 bits per heavy atom. The maximum absolute atomic E-state index is 15.4. The average Bonchev–Trinajstić information content (AvgIpc) is 2.84. The standard InChI is InChI=1S/C24H23F4N5O3/c25-21-22(30-12-16-3-1-15(2-4-16)11-20(29)34)31-14-32-23(21)33-9-10-35-13-19(33)17-5-7-18(8-6-17)36-24(26,27)28/h1-8,14,19H,9-13H2,(H2,29,34)(H,30,31,32). The minimum Gasteiger partial charge on any atom is -0.406 e. The van der Waals surface area contributed by atoms with Gasteiger partial charge in [-0.05, 0) is 28.8 Å². The third-order valence-corrected chi connectivity index (χ3v) is 5.53. The number of morpholine rings is 1. The number of anilines is 2. The lowest BCUT2D eigenvalue weighted by atomic mass is 10.0. The van der Waals surface area contributed by atoms with Crippen LogP contribution in [0.2, 0.25) is 0 Å². The number of nitrogens with two attached hydrogens (primary N) is 1. The number of benzene rings is 2. The fraction of sp³-hybridized carbons (Fsp3) is 0.292. The Morgan fingerprint density at radius 3 is 2.47 bits per heavy atom. The van der Waals surface area contributed by atoms with Gasteiger partial charge >= 0.3 is 6.36 Å². The van der Waals surface area contributed by atoms with Crippen LogP contribution >= 0.6 is 0 Å². The SMILES string of the molecule is NC(=O)Cc1ccc(CNc2ncnc(N3CCOCC3c3ccc(OC(F)(F)F)cc3)c2F)cc1. The van der Waals surface area contributed by atoms with Gasteiger partial charge in [-0.25, -0.2) is 9.97 Å². The highest BCUT2D eigenvalue weighted by Gasteiger charge is 2.32. The molecule has 36 heavy (non-hydrogen) atoms. The summed E-state index contributed by atoms with van der Waals surface area (Å²) in [4.78, 5) is 20.9. The zero-order valence-electron chi connectivity index (χ0n) is 19.0. The molecule has 0 spiro atoms. The van der Waals surface area contributed by atoms with Crippen LogP contribution in [0.1, 0.15) is 22.7 Å². The number of ether oxygens (including phenoxy) is 2. The number of nitrogens with zero attached hydrogens (tertiary/aromatic N) is 3. The summed E-state index contributed by atoms with van der Waals surface area (Å²) in [5, 5.41) is 2.95. The Labute approximate surface area is 204 Å². The van der Waals surface area contributed by atoms with Gasteiger partial charge in [0.1, 0.15) is 12.1 Å². The highest BCUT2D eigenvalue weighted by Crippen LogP contribution is 2.33. The van der Waals surface area contributed by atoms with E-state index in [9.17, 15) is 18.0 Å². The predicted octanol–water partition coefficient (Wildman–Crippen LogP) is 3.73. The van der Waals surface area contributed by atoms with E-state index in [2.05, 4.69) is 20.0 Å². The summed E-state index contributed by atoms with van der Waals surface area (Å²) in [5.74, 6) is -1.39. The van der Waals surface area contributed by atoms with Crippen LogP contribution in [0.15, 0.2) is 54.9 Å². The fourth-order valence-electron chi connectivity index (χ4n) is 3.87. The van der Waals surface area contributed by atoms with Crippen LogP contribution in [0, 0.1) is 5.82 Å². The molecule has 0 radical (unpaired) electrons. The molecule has 4 rings (SSSR count). The third kappa shape index (κ3) is 6.39. The van der Waals surface area contributed by atoms with E-state index in [4.69, 9.17) is 10.5 Å². The molecule has 12 heteroatoms. The molecule has 1 amide bonds. The van der Waals surface area contributed by atoms with Crippen molar-refractivity contribution < 1.29 is 31.8 Å². The van der Waals surface area contributed by atoms with Crippen LogP contribution in [0.3, 0.4) is 0 Å². The van der Waals surface area contributed by atoms with E-state index < -0.39 is 24.1 Å². The molecule has 1 unspecified atom stereocenters. The molecule has 3 aromatic rings. The molecule has 1 aliphatic heterocycles. The number of primary amides is 1. The van der Waals surface area contributed by atoms with Crippen molar-refractivity contribution in [1.29, 1.82) is 0 Å². The topological polar surface area (TPSA) is 103 Å². The second-order valence-corrected chi connectivity index (χ2v) is 8.07.